The third-order valence-corrected chi connectivity index (χ3v) is 5.77. The number of hydrogen-bond acceptors (Lipinski definition) is 4. The summed E-state index contributed by atoms with van der Waals surface area (Å²) in [6.45, 7) is 13.9. The van der Waals surface area contributed by atoms with Gasteiger partial charge in [-0.15, -0.1) is 0 Å². The fourth-order valence-corrected chi connectivity index (χ4v) is 4.16. The molecule has 2 fully saturated rings. The highest BCUT2D eigenvalue weighted by molar-refractivity contribution is 5.80. The van der Waals surface area contributed by atoms with E-state index in [0.29, 0.717) is 19.2 Å². The Bertz CT molecular complexity index is 650. The number of hydrogen-bond donors (Lipinski definition) is 2. The van der Waals surface area contributed by atoms with Crippen molar-refractivity contribution < 1.29 is 9.47 Å². The van der Waals surface area contributed by atoms with E-state index >= 15 is 0 Å². The highest BCUT2D eigenvalue weighted by Gasteiger charge is 2.24. The number of ether oxygens (including phenoxy) is 2. The van der Waals surface area contributed by atoms with E-state index in [4.69, 9.17) is 14.5 Å². The average molecular weight is 403 g/mol. The molecular weight excluding hydrogens is 364 g/mol. The van der Waals surface area contributed by atoms with Crippen LogP contribution in [-0.2, 0) is 11.3 Å². The van der Waals surface area contributed by atoms with Gasteiger partial charge in [0.05, 0.1) is 19.8 Å². The van der Waals surface area contributed by atoms with Crippen molar-refractivity contribution in [1.29, 1.82) is 0 Å². The molecule has 1 aromatic rings. The molecule has 2 aliphatic rings. The fourth-order valence-electron chi connectivity index (χ4n) is 4.16. The smallest absolute Gasteiger partial charge is 0.191 e. The minimum absolute atomic E-state index is 0.492. The van der Waals surface area contributed by atoms with E-state index in [0.717, 1.165) is 56.0 Å². The topological polar surface area (TPSA) is 58.1 Å². The van der Waals surface area contributed by atoms with Gasteiger partial charge in [0, 0.05) is 38.8 Å². The molecule has 2 heterocycles. The summed E-state index contributed by atoms with van der Waals surface area (Å²) in [4.78, 5) is 7.42. The predicted molar refractivity (Wildman–Crippen MR) is 119 cm³/mol. The van der Waals surface area contributed by atoms with Crippen LogP contribution in [-0.4, -0.2) is 62.9 Å². The summed E-state index contributed by atoms with van der Waals surface area (Å²) >= 11 is 0. The van der Waals surface area contributed by atoms with Gasteiger partial charge in [-0.2, -0.15) is 0 Å². The SMILES string of the molecule is CCNC(=NCc1ccc(OCC)c(C)c1)NC1CCN(CC2CCOC2)CC1. The van der Waals surface area contributed by atoms with E-state index < -0.39 is 0 Å². The van der Waals surface area contributed by atoms with Crippen LogP contribution in [0.5, 0.6) is 5.75 Å². The van der Waals surface area contributed by atoms with E-state index in [-0.39, 0.29) is 0 Å². The Kier molecular flexibility index (Phi) is 8.62. The Hall–Kier alpha value is -1.79. The van der Waals surface area contributed by atoms with Gasteiger partial charge in [0.2, 0.25) is 0 Å². The molecule has 1 unspecified atom stereocenters. The third-order valence-electron chi connectivity index (χ3n) is 5.77. The number of likely N-dealkylation sites (tertiary alicyclic amines) is 1. The molecule has 0 spiro atoms. The lowest BCUT2D eigenvalue weighted by Crippen LogP contribution is -2.49. The van der Waals surface area contributed by atoms with Gasteiger partial charge in [-0.1, -0.05) is 12.1 Å². The lowest BCUT2D eigenvalue weighted by Gasteiger charge is -2.34. The van der Waals surface area contributed by atoms with Crippen LogP contribution in [0.3, 0.4) is 0 Å². The quantitative estimate of drug-likeness (QED) is 0.517. The zero-order valence-electron chi connectivity index (χ0n) is 18.4. The first kappa shape index (κ1) is 21.9. The van der Waals surface area contributed by atoms with Crippen LogP contribution < -0.4 is 15.4 Å². The van der Waals surface area contributed by atoms with E-state index in [9.17, 15) is 0 Å². The highest BCUT2D eigenvalue weighted by Crippen LogP contribution is 2.20. The molecule has 0 aliphatic carbocycles. The maximum Gasteiger partial charge on any atom is 0.191 e. The van der Waals surface area contributed by atoms with E-state index in [1.165, 1.54) is 31.4 Å². The molecule has 2 saturated heterocycles. The summed E-state index contributed by atoms with van der Waals surface area (Å²) in [7, 11) is 0. The zero-order valence-corrected chi connectivity index (χ0v) is 18.4. The minimum atomic E-state index is 0.492. The minimum Gasteiger partial charge on any atom is -0.494 e. The Morgan fingerprint density at radius 2 is 2.07 bits per heavy atom. The molecule has 3 rings (SSSR count). The first-order chi connectivity index (χ1) is 14.2. The summed E-state index contributed by atoms with van der Waals surface area (Å²) in [5.74, 6) is 2.61. The van der Waals surface area contributed by atoms with Gasteiger partial charge < -0.3 is 25.0 Å². The molecule has 2 N–H and O–H groups in total. The molecule has 2 aliphatic heterocycles. The highest BCUT2D eigenvalue weighted by atomic mass is 16.5. The molecule has 1 aromatic carbocycles. The first-order valence-corrected chi connectivity index (χ1v) is 11.2. The molecule has 0 saturated carbocycles. The maximum atomic E-state index is 5.64. The van der Waals surface area contributed by atoms with Crippen molar-refractivity contribution in [3.05, 3.63) is 29.3 Å². The third kappa shape index (κ3) is 6.89. The normalized spacial score (nSPS) is 21.3. The second-order valence-corrected chi connectivity index (χ2v) is 8.18. The average Bonchev–Trinajstić information content (AvgIpc) is 3.23. The number of nitrogens with zero attached hydrogens (tertiary/aromatic N) is 2. The van der Waals surface area contributed by atoms with Gasteiger partial charge >= 0.3 is 0 Å². The predicted octanol–water partition coefficient (Wildman–Crippen LogP) is 2.95. The first-order valence-electron chi connectivity index (χ1n) is 11.2. The van der Waals surface area contributed by atoms with Crippen LogP contribution in [0.2, 0.25) is 0 Å². The van der Waals surface area contributed by atoms with Gasteiger partial charge in [0.15, 0.2) is 5.96 Å². The number of benzene rings is 1. The summed E-state index contributed by atoms with van der Waals surface area (Å²) in [6.07, 6.45) is 3.56. The van der Waals surface area contributed by atoms with Crippen molar-refractivity contribution in [3.8, 4) is 5.75 Å². The zero-order chi connectivity index (χ0) is 20.5. The standard InChI is InChI=1S/C23H38N4O2/c1-4-24-23(25-15-19-6-7-22(29-5-2)18(3)14-19)26-21-8-11-27(12-9-21)16-20-10-13-28-17-20/h6-7,14,20-21H,4-5,8-13,15-17H2,1-3H3,(H2,24,25,26). The van der Waals surface area contributed by atoms with Crippen molar-refractivity contribution in [1.82, 2.24) is 15.5 Å². The molecule has 29 heavy (non-hydrogen) atoms. The number of aryl methyl sites for hydroxylation is 1. The Labute approximate surface area is 176 Å². The Morgan fingerprint density at radius 3 is 2.72 bits per heavy atom. The maximum absolute atomic E-state index is 5.64. The van der Waals surface area contributed by atoms with Crippen LogP contribution in [0, 0.1) is 12.8 Å². The summed E-state index contributed by atoms with van der Waals surface area (Å²) in [6, 6.07) is 6.82. The van der Waals surface area contributed by atoms with Crippen LogP contribution in [0.4, 0.5) is 0 Å². The van der Waals surface area contributed by atoms with Gasteiger partial charge in [-0.3, -0.25) is 0 Å². The number of aliphatic imine (C=N–C) groups is 1. The molecule has 1 atom stereocenters. The Morgan fingerprint density at radius 1 is 1.24 bits per heavy atom. The van der Waals surface area contributed by atoms with Crippen molar-refractivity contribution in [2.45, 2.75) is 52.6 Å². The lowest BCUT2D eigenvalue weighted by molar-refractivity contribution is 0.150. The fraction of sp³-hybridized carbons (Fsp3) is 0.696. The largest absolute Gasteiger partial charge is 0.494 e. The monoisotopic (exact) mass is 402 g/mol. The molecule has 0 aromatic heterocycles. The lowest BCUT2D eigenvalue weighted by atomic mass is 10.0. The number of nitrogens with one attached hydrogen (secondary N) is 2. The number of guanidine groups is 1. The van der Waals surface area contributed by atoms with Crippen LogP contribution in [0.15, 0.2) is 23.2 Å². The van der Waals surface area contributed by atoms with Gasteiger partial charge in [0.1, 0.15) is 5.75 Å². The van der Waals surface area contributed by atoms with E-state index in [1.54, 1.807) is 0 Å². The molecule has 6 heteroatoms. The molecule has 0 radical (unpaired) electrons. The summed E-state index contributed by atoms with van der Waals surface area (Å²) in [5, 5.41) is 7.05. The summed E-state index contributed by atoms with van der Waals surface area (Å²) < 4.78 is 11.2. The van der Waals surface area contributed by atoms with Crippen LogP contribution in [0.25, 0.3) is 0 Å². The van der Waals surface area contributed by atoms with Crippen molar-refractivity contribution in [2.24, 2.45) is 10.9 Å². The summed E-state index contributed by atoms with van der Waals surface area (Å²) in [5.41, 5.74) is 2.37. The van der Waals surface area contributed by atoms with Crippen LogP contribution in [0.1, 0.15) is 44.2 Å². The molecule has 162 valence electrons. The van der Waals surface area contributed by atoms with Crippen molar-refractivity contribution in [2.75, 3.05) is 46.0 Å². The van der Waals surface area contributed by atoms with Gasteiger partial charge in [0.25, 0.3) is 0 Å². The van der Waals surface area contributed by atoms with Crippen molar-refractivity contribution in [3.63, 3.8) is 0 Å². The number of rotatable bonds is 8. The van der Waals surface area contributed by atoms with Crippen LogP contribution >= 0.6 is 0 Å². The second-order valence-electron chi connectivity index (χ2n) is 8.18. The van der Waals surface area contributed by atoms with Crippen molar-refractivity contribution >= 4 is 5.96 Å². The Balaban J connectivity index is 1.48. The van der Waals surface area contributed by atoms with E-state index in [1.807, 2.05) is 6.92 Å². The molecule has 6 nitrogen and oxygen atoms in total. The molecule has 0 amide bonds. The van der Waals surface area contributed by atoms with E-state index in [2.05, 4.69) is 47.6 Å². The molecule has 0 bridgehead atoms. The van der Waals surface area contributed by atoms with Gasteiger partial charge in [-0.05, 0) is 63.1 Å². The van der Waals surface area contributed by atoms with Gasteiger partial charge in [-0.25, -0.2) is 4.99 Å². The second kappa shape index (κ2) is 11.4. The molecular formula is C23H38N4O2. The number of piperidine rings is 1.